The lowest BCUT2D eigenvalue weighted by molar-refractivity contribution is -0.268. The van der Waals surface area contributed by atoms with Crippen molar-refractivity contribution in [2.24, 2.45) is 7.05 Å². The molecular weight excluding hydrogens is 538 g/mol. The number of fused-ring (bicyclic) bond motifs is 1. The molecule has 1 aliphatic heterocycles. The van der Waals surface area contributed by atoms with E-state index in [0.29, 0.717) is 0 Å². The third kappa shape index (κ3) is 5.75. The Morgan fingerprint density at radius 1 is 0.900 bits per heavy atom. The van der Waals surface area contributed by atoms with Gasteiger partial charge in [0.25, 0.3) is 11.1 Å². The minimum Gasteiger partial charge on any atom is -0.506 e. The largest absolute Gasteiger partial charge is 0.506 e. The first-order valence-electron chi connectivity index (χ1n) is 11.9. The summed E-state index contributed by atoms with van der Waals surface area (Å²) in [5.74, 6) is -4.00. The Kier molecular flexibility index (Phi) is 8.82. The quantitative estimate of drug-likeness (QED) is 0.327. The van der Waals surface area contributed by atoms with E-state index in [4.69, 9.17) is 28.4 Å². The average molecular weight is 568 g/mol. The lowest BCUT2D eigenvalue weighted by Crippen LogP contribution is -2.61. The molecule has 2 aromatic heterocycles. The number of ether oxygens (including phenoxy) is 6. The third-order valence-electron chi connectivity index (χ3n) is 5.99. The normalized spacial score (nSPS) is 22.3. The summed E-state index contributed by atoms with van der Waals surface area (Å²) in [7, 11) is 2.55. The van der Waals surface area contributed by atoms with Crippen LogP contribution in [0, 0.1) is 6.92 Å². The maximum Gasteiger partial charge on any atom is 0.303 e. The summed E-state index contributed by atoms with van der Waals surface area (Å²) in [6.07, 6.45) is -7.82. The zero-order valence-electron chi connectivity index (χ0n) is 22.8. The van der Waals surface area contributed by atoms with Gasteiger partial charge in [0.1, 0.15) is 23.8 Å². The van der Waals surface area contributed by atoms with Crippen LogP contribution in [-0.4, -0.2) is 81.2 Å². The van der Waals surface area contributed by atoms with Crippen molar-refractivity contribution in [3.8, 4) is 11.8 Å². The van der Waals surface area contributed by atoms with Crippen molar-refractivity contribution in [2.75, 3.05) is 13.7 Å². The van der Waals surface area contributed by atoms with Gasteiger partial charge in [-0.25, -0.2) is 0 Å². The molecule has 0 saturated carbocycles. The SMILES string of the molecule is COc1nc2c(c(O)c(C)c(=O)n2[C@@H]2O[C@H](COC(C)=O)[C@@H](OC(C)=O)[C@H](OC(C)=O)[C@H]2OC(C)=O)c(=O)n1C. The van der Waals surface area contributed by atoms with Gasteiger partial charge in [-0.2, -0.15) is 4.98 Å². The molecule has 0 bridgehead atoms. The number of carbonyl (C=O) groups excluding carboxylic acids is 4. The molecule has 5 atom stereocenters. The molecule has 16 heteroatoms. The minimum atomic E-state index is -1.71. The highest BCUT2D eigenvalue weighted by atomic mass is 16.7. The van der Waals surface area contributed by atoms with Gasteiger partial charge < -0.3 is 33.5 Å². The topological polar surface area (TPSA) is 201 Å². The van der Waals surface area contributed by atoms with E-state index in [1.54, 1.807) is 0 Å². The summed E-state index contributed by atoms with van der Waals surface area (Å²) in [5.41, 5.74) is -2.42. The van der Waals surface area contributed by atoms with Crippen LogP contribution in [0.25, 0.3) is 11.0 Å². The average Bonchev–Trinajstić information content (AvgIpc) is 2.85. The number of hydrogen-bond acceptors (Lipinski definition) is 14. The van der Waals surface area contributed by atoms with Gasteiger partial charge in [-0.15, -0.1) is 0 Å². The van der Waals surface area contributed by atoms with Crippen LogP contribution in [0.3, 0.4) is 0 Å². The maximum atomic E-state index is 13.6. The number of hydrogen-bond donors (Lipinski definition) is 1. The fourth-order valence-corrected chi connectivity index (χ4v) is 4.35. The van der Waals surface area contributed by atoms with Gasteiger partial charge in [-0.05, 0) is 6.92 Å². The molecule has 0 spiro atoms. The van der Waals surface area contributed by atoms with E-state index in [2.05, 4.69) is 4.98 Å². The molecule has 218 valence electrons. The van der Waals surface area contributed by atoms with E-state index in [-0.39, 0.29) is 11.6 Å². The molecule has 0 aliphatic carbocycles. The van der Waals surface area contributed by atoms with E-state index >= 15 is 0 Å². The number of methoxy groups -OCH3 is 1. The van der Waals surface area contributed by atoms with E-state index in [1.165, 1.54) is 21.1 Å². The van der Waals surface area contributed by atoms with Crippen LogP contribution in [0.15, 0.2) is 9.59 Å². The van der Waals surface area contributed by atoms with Crippen molar-refractivity contribution < 1.29 is 52.7 Å². The summed E-state index contributed by atoms with van der Waals surface area (Å²) in [4.78, 5) is 78.9. The van der Waals surface area contributed by atoms with Crippen molar-refractivity contribution in [3.05, 3.63) is 26.3 Å². The van der Waals surface area contributed by atoms with Crippen LogP contribution in [0.2, 0.25) is 0 Å². The second-order valence-electron chi connectivity index (χ2n) is 8.90. The Morgan fingerprint density at radius 3 is 1.98 bits per heavy atom. The molecule has 0 radical (unpaired) electrons. The van der Waals surface area contributed by atoms with Gasteiger partial charge in [0.2, 0.25) is 0 Å². The summed E-state index contributed by atoms with van der Waals surface area (Å²) in [6.45, 7) is 4.95. The first-order valence-corrected chi connectivity index (χ1v) is 11.9. The number of nitrogens with zero attached hydrogens (tertiary/aromatic N) is 3. The summed E-state index contributed by atoms with van der Waals surface area (Å²) in [6, 6.07) is -0.250. The molecule has 16 nitrogen and oxygen atoms in total. The van der Waals surface area contributed by atoms with Crippen molar-refractivity contribution >= 4 is 34.9 Å². The van der Waals surface area contributed by atoms with Crippen LogP contribution < -0.4 is 15.9 Å². The number of esters is 4. The van der Waals surface area contributed by atoms with Crippen LogP contribution >= 0.6 is 0 Å². The Labute approximate surface area is 226 Å². The van der Waals surface area contributed by atoms with Crippen LogP contribution in [-0.2, 0) is 49.9 Å². The smallest absolute Gasteiger partial charge is 0.303 e. The third-order valence-corrected chi connectivity index (χ3v) is 5.99. The second-order valence-corrected chi connectivity index (χ2v) is 8.90. The highest BCUT2D eigenvalue weighted by Crippen LogP contribution is 2.36. The van der Waals surface area contributed by atoms with Crippen molar-refractivity contribution in [1.82, 2.24) is 14.1 Å². The molecule has 1 saturated heterocycles. The molecule has 1 fully saturated rings. The summed E-state index contributed by atoms with van der Waals surface area (Å²) < 4.78 is 34.3. The van der Waals surface area contributed by atoms with Gasteiger partial charge in [-0.1, -0.05) is 0 Å². The van der Waals surface area contributed by atoms with Crippen molar-refractivity contribution in [1.29, 1.82) is 0 Å². The lowest BCUT2D eigenvalue weighted by atomic mass is 9.96. The molecule has 1 N–H and O–H groups in total. The fraction of sp³-hybridized carbons (Fsp3) is 0.542. The molecule has 0 aromatic carbocycles. The zero-order valence-corrected chi connectivity index (χ0v) is 22.8. The monoisotopic (exact) mass is 567 g/mol. The van der Waals surface area contributed by atoms with Gasteiger partial charge >= 0.3 is 29.9 Å². The standard InChI is InChI=1S/C24H29N3O13/c1-9-16(32)15-20(25-24(35-7)26(6)22(15)34)27(21(9)33)23-19(39-13(5)31)18(38-12(4)30)17(37-11(3)29)14(40-23)8-36-10(2)28/h14,17-19,23,32H,8H2,1-7H3/t14-,17-,18+,19-,23-/m1/s1. The molecule has 2 aromatic rings. The molecule has 0 amide bonds. The maximum absolute atomic E-state index is 13.6. The van der Waals surface area contributed by atoms with Crippen LogP contribution in [0.1, 0.15) is 39.5 Å². The molecular formula is C24H29N3O13. The second kappa shape index (κ2) is 11.7. The molecule has 40 heavy (non-hydrogen) atoms. The minimum absolute atomic E-state index is 0.250. The molecule has 3 heterocycles. The molecule has 0 unspecified atom stereocenters. The number of carbonyl (C=O) groups is 4. The van der Waals surface area contributed by atoms with Gasteiger partial charge in [0, 0.05) is 34.7 Å². The molecule has 1 aliphatic rings. The van der Waals surface area contributed by atoms with Crippen molar-refractivity contribution in [2.45, 2.75) is 65.3 Å². The predicted molar refractivity (Wildman–Crippen MR) is 131 cm³/mol. The highest BCUT2D eigenvalue weighted by molar-refractivity contribution is 5.83. The Balaban J connectivity index is 2.41. The Morgan fingerprint density at radius 2 is 1.45 bits per heavy atom. The van der Waals surface area contributed by atoms with Crippen LogP contribution in [0.4, 0.5) is 0 Å². The first kappa shape index (κ1) is 30.1. The van der Waals surface area contributed by atoms with Crippen molar-refractivity contribution in [3.63, 3.8) is 0 Å². The molecule has 3 rings (SSSR count). The predicted octanol–water partition coefficient (Wildman–Crippen LogP) is -0.627. The number of aromatic hydroxyl groups is 1. The number of aromatic nitrogens is 3. The van der Waals surface area contributed by atoms with Gasteiger partial charge in [-0.3, -0.25) is 37.9 Å². The van der Waals surface area contributed by atoms with Gasteiger partial charge in [0.15, 0.2) is 30.2 Å². The first-order chi connectivity index (χ1) is 18.7. The Hall–Kier alpha value is -4.47. The zero-order chi connectivity index (χ0) is 30.0. The Bertz CT molecular complexity index is 1480. The highest BCUT2D eigenvalue weighted by Gasteiger charge is 2.53. The summed E-state index contributed by atoms with van der Waals surface area (Å²) >= 11 is 0. The van der Waals surface area contributed by atoms with E-state index in [9.17, 15) is 33.9 Å². The number of pyridine rings is 1. The van der Waals surface area contributed by atoms with E-state index in [1.807, 2.05) is 0 Å². The van der Waals surface area contributed by atoms with Crippen LogP contribution in [0.5, 0.6) is 11.8 Å². The fourth-order valence-electron chi connectivity index (χ4n) is 4.35. The van der Waals surface area contributed by atoms with E-state index < -0.39 is 89.0 Å². The van der Waals surface area contributed by atoms with E-state index in [0.717, 1.165) is 36.8 Å². The van der Waals surface area contributed by atoms with Gasteiger partial charge in [0.05, 0.1) is 12.7 Å². The summed E-state index contributed by atoms with van der Waals surface area (Å²) in [5, 5.41) is 10.3. The lowest BCUT2D eigenvalue weighted by Gasteiger charge is -2.44. The number of rotatable bonds is 7.